The molecule has 0 spiro atoms. The standard InChI is InChI=1S/C23H29N3O3/c1-5-6-7-8-9-22-23(17-14-20(28-3)16-21(15-17)29-4)26(25-24-22)18-10-12-19(27-2)13-11-18/h10-16H,5-9H2,1-4H3. The second-order valence-corrected chi connectivity index (χ2v) is 6.91. The molecule has 154 valence electrons. The van der Waals surface area contributed by atoms with Gasteiger partial charge in [-0.2, -0.15) is 0 Å². The van der Waals surface area contributed by atoms with Gasteiger partial charge in [-0.15, -0.1) is 5.10 Å². The van der Waals surface area contributed by atoms with E-state index in [1.807, 2.05) is 47.1 Å². The molecule has 3 aromatic rings. The number of rotatable bonds is 10. The van der Waals surface area contributed by atoms with Gasteiger partial charge >= 0.3 is 0 Å². The third-order valence-electron chi connectivity index (χ3n) is 4.95. The van der Waals surface area contributed by atoms with Gasteiger partial charge < -0.3 is 14.2 Å². The van der Waals surface area contributed by atoms with Crippen LogP contribution in [0.15, 0.2) is 42.5 Å². The van der Waals surface area contributed by atoms with Crippen molar-refractivity contribution in [2.75, 3.05) is 21.3 Å². The quantitative estimate of drug-likeness (QED) is 0.448. The Kier molecular flexibility index (Phi) is 7.11. The van der Waals surface area contributed by atoms with Crippen LogP contribution in [0.5, 0.6) is 17.2 Å². The molecule has 29 heavy (non-hydrogen) atoms. The summed E-state index contributed by atoms with van der Waals surface area (Å²) in [5.74, 6) is 2.27. The van der Waals surface area contributed by atoms with Gasteiger partial charge in [-0.05, 0) is 49.2 Å². The number of ether oxygens (including phenoxy) is 3. The number of aryl methyl sites for hydroxylation is 1. The number of unbranched alkanes of at least 4 members (excludes halogenated alkanes) is 3. The minimum absolute atomic E-state index is 0.735. The third kappa shape index (κ3) is 4.88. The first-order valence-corrected chi connectivity index (χ1v) is 10.0. The summed E-state index contributed by atoms with van der Waals surface area (Å²) < 4.78 is 18.1. The van der Waals surface area contributed by atoms with Gasteiger partial charge in [0.15, 0.2) is 0 Å². The monoisotopic (exact) mass is 395 g/mol. The Labute approximate surface area is 172 Å². The fourth-order valence-corrected chi connectivity index (χ4v) is 3.34. The van der Waals surface area contributed by atoms with Crippen LogP contribution in [0.2, 0.25) is 0 Å². The van der Waals surface area contributed by atoms with E-state index in [9.17, 15) is 0 Å². The van der Waals surface area contributed by atoms with Crippen molar-refractivity contribution < 1.29 is 14.2 Å². The lowest BCUT2D eigenvalue weighted by Crippen LogP contribution is -2.01. The molecule has 0 saturated carbocycles. The minimum Gasteiger partial charge on any atom is -0.497 e. The van der Waals surface area contributed by atoms with E-state index in [0.717, 1.165) is 52.7 Å². The molecule has 1 heterocycles. The molecule has 0 saturated heterocycles. The summed E-state index contributed by atoms with van der Waals surface area (Å²) in [7, 11) is 4.97. The Bertz CT molecular complexity index is 897. The van der Waals surface area contributed by atoms with Crippen LogP contribution in [-0.2, 0) is 6.42 Å². The normalized spacial score (nSPS) is 10.8. The van der Waals surface area contributed by atoms with E-state index in [1.54, 1.807) is 21.3 Å². The Morgan fingerprint density at radius 1 is 0.793 bits per heavy atom. The van der Waals surface area contributed by atoms with Gasteiger partial charge in [-0.1, -0.05) is 31.4 Å². The lowest BCUT2D eigenvalue weighted by Gasteiger charge is -2.12. The van der Waals surface area contributed by atoms with E-state index in [4.69, 9.17) is 14.2 Å². The summed E-state index contributed by atoms with van der Waals surface area (Å²) in [6.07, 6.45) is 5.59. The third-order valence-corrected chi connectivity index (χ3v) is 4.95. The van der Waals surface area contributed by atoms with Crippen molar-refractivity contribution in [2.45, 2.75) is 39.0 Å². The minimum atomic E-state index is 0.735. The van der Waals surface area contributed by atoms with Crippen molar-refractivity contribution in [2.24, 2.45) is 0 Å². The van der Waals surface area contributed by atoms with Crippen molar-refractivity contribution >= 4 is 0 Å². The van der Waals surface area contributed by atoms with Gasteiger partial charge in [0, 0.05) is 11.6 Å². The Hall–Kier alpha value is -3.02. The number of aromatic nitrogens is 3. The molecule has 6 nitrogen and oxygen atoms in total. The lowest BCUT2D eigenvalue weighted by molar-refractivity contribution is 0.394. The van der Waals surface area contributed by atoms with Gasteiger partial charge in [-0.3, -0.25) is 0 Å². The predicted octanol–water partition coefficient (Wildman–Crippen LogP) is 5.08. The van der Waals surface area contributed by atoms with Crippen molar-refractivity contribution in [3.8, 4) is 34.2 Å². The zero-order valence-electron chi connectivity index (χ0n) is 17.6. The van der Waals surface area contributed by atoms with E-state index in [0.29, 0.717) is 0 Å². The van der Waals surface area contributed by atoms with Gasteiger partial charge in [0.05, 0.1) is 38.4 Å². The number of methoxy groups -OCH3 is 3. The molecule has 0 N–H and O–H groups in total. The molecule has 0 radical (unpaired) electrons. The molecular formula is C23H29N3O3. The lowest BCUT2D eigenvalue weighted by atomic mass is 10.0. The topological polar surface area (TPSA) is 58.4 Å². The predicted molar refractivity (Wildman–Crippen MR) is 114 cm³/mol. The van der Waals surface area contributed by atoms with Crippen molar-refractivity contribution in [1.82, 2.24) is 15.0 Å². The largest absolute Gasteiger partial charge is 0.497 e. The summed E-state index contributed by atoms with van der Waals surface area (Å²) in [5, 5.41) is 8.99. The van der Waals surface area contributed by atoms with Crippen LogP contribution in [0.4, 0.5) is 0 Å². The van der Waals surface area contributed by atoms with Crippen LogP contribution in [0, 0.1) is 0 Å². The molecule has 2 aromatic carbocycles. The summed E-state index contributed by atoms with van der Waals surface area (Å²) >= 11 is 0. The van der Waals surface area contributed by atoms with E-state index < -0.39 is 0 Å². The molecule has 0 fully saturated rings. The van der Waals surface area contributed by atoms with Gasteiger partial charge in [0.25, 0.3) is 0 Å². The first-order valence-electron chi connectivity index (χ1n) is 10.0. The van der Waals surface area contributed by atoms with Crippen LogP contribution >= 0.6 is 0 Å². The van der Waals surface area contributed by atoms with Crippen LogP contribution < -0.4 is 14.2 Å². The molecule has 0 bridgehead atoms. The SMILES string of the molecule is CCCCCCc1nnn(-c2ccc(OC)cc2)c1-c1cc(OC)cc(OC)c1. The molecule has 0 amide bonds. The molecule has 0 unspecified atom stereocenters. The molecule has 0 aliphatic rings. The van der Waals surface area contributed by atoms with Crippen LogP contribution in [0.1, 0.15) is 38.3 Å². The number of hydrogen-bond donors (Lipinski definition) is 0. The smallest absolute Gasteiger partial charge is 0.123 e. The van der Waals surface area contributed by atoms with Crippen LogP contribution in [0.3, 0.4) is 0 Å². The molecule has 3 rings (SSSR count). The second kappa shape index (κ2) is 9.96. The van der Waals surface area contributed by atoms with E-state index in [1.165, 1.54) is 19.3 Å². The highest BCUT2D eigenvalue weighted by Gasteiger charge is 2.18. The highest BCUT2D eigenvalue weighted by atomic mass is 16.5. The van der Waals surface area contributed by atoms with Crippen molar-refractivity contribution in [1.29, 1.82) is 0 Å². The van der Waals surface area contributed by atoms with Gasteiger partial charge in [0.1, 0.15) is 17.2 Å². The average molecular weight is 396 g/mol. The number of hydrogen-bond acceptors (Lipinski definition) is 5. The van der Waals surface area contributed by atoms with Gasteiger partial charge in [-0.25, -0.2) is 4.68 Å². The van der Waals surface area contributed by atoms with E-state index in [2.05, 4.69) is 17.2 Å². The second-order valence-electron chi connectivity index (χ2n) is 6.91. The highest BCUT2D eigenvalue weighted by molar-refractivity contribution is 5.68. The Morgan fingerprint density at radius 3 is 2.03 bits per heavy atom. The van der Waals surface area contributed by atoms with Crippen LogP contribution in [-0.4, -0.2) is 36.3 Å². The first kappa shape index (κ1) is 20.7. The summed E-state index contributed by atoms with van der Waals surface area (Å²) in [5.41, 5.74) is 3.83. The maximum absolute atomic E-state index is 5.48. The van der Waals surface area contributed by atoms with Gasteiger partial charge in [0.2, 0.25) is 0 Å². The van der Waals surface area contributed by atoms with Crippen molar-refractivity contribution in [3.63, 3.8) is 0 Å². The first-order chi connectivity index (χ1) is 14.2. The molecular weight excluding hydrogens is 366 g/mol. The number of benzene rings is 2. The zero-order valence-corrected chi connectivity index (χ0v) is 17.6. The summed E-state index contributed by atoms with van der Waals surface area (Å²) in [6, 6.07) is 13.7. The molecule has 0 aliphatic carbocycles. The maximum Gasteiger partial charge on any atom is 0.123 e. The molecule has 1 aromatic heterocycles. The summed E-state index contributed by atoms with van der Waals surface area (Å²) in [4.78, 5) is 0. The van der Waals surface area contributed by atoms with Crippen molar-refractivity contribution in [3.05, 3.63) is 48.2 Å². The average Bonchev–Trinajstić information content (AvgIpc) is 3.20. The van der Waals surface area contributed by atoms with E-state index >= 15 is 0 Å². The molecule has 0 atom stereocenters. The maximum atomic E-state index is 5.48. The molecule has 0 aliphatic heterocycles. The Balaban J connectivity index is 2.06. The Morgan fingerprint density at radius 2 is 1.45 bits per heavy atom. The summed E-state index contributed by atoms with van der Waals surface area (Å²) in [6.45, 7) is 2.22. The highest BCUT2D eigenvalue weighted by Crippen LogP contribution is 2.33. The van der Waals surface area contributed by atoms with Crippen LogP contribution in [0.25, 0.3) is 16.9 Å². The zero-order chi connectivity index (χ0) is 20.6. The number of nitrogens with zero attached hydrogens (tertiary/aromatic N) is 3. The fraction of sp³-hybridized carbons (Fsp3) is 0.391. The fourth-order valence-electron chi connectivity index (χ4n) is 3.34. The van der Waals surface area contributed by atoms with E-state index in [-0.39, 0.29) is 0 Å². The molecule has 6 heteroatoms.